The molecule has 5 nitrogen and oxygen atoms in total. The number of nitrogens with zero attached hydrogens (tertiary/aromatic N) is 2. The summed E-state index contributed by atoms with van der Waals surface area (Å²) in [6, 6.07) is 0. The molecular weight excluding hydrogens is 415 g/mol. The molecule has 0 saturated heterocycles. The molecule has 2 N–H and O–H groups in total. The molecule has 24 heavy (non-hydrogen) atoms. The molecule has 0 aromatic carbocycles. The van der Waals surface area contributed by atoms with E-state index in [1.54, 1.807) is 7.05 Å². The van der Waals surface area contributed by atoms with Crippen LogP contribution in [-0.4, -0.2) is 24.5 Å². The van der Waals surface area contributed by atoms with Crippen LogP contribution in [-0.2, 0) is 6.54 Å². The number of aryl methyl sites for hydroxylation is 2. The van der Waals surface area contributed by atoms with Gasteiger partial charge in [-0.25, -0.2) is 4.98 Å². The third kappa shape index (κ3) is 6.26. The molecule has 0 radical (unpaired) electrons. The van der Waals surface area contributed by atoms with Crippen molar-refractivity contribution in [3.8, 4) is 0 Å². The molecule has 1 aromatic rings. The van der Waals surface area contributed by atoms with E-state index >= 15 is 0 Å². The third-order valence-electron chi connectivity index (χ3n) is 5.10. The van der Waals surface area contributed by atoms with Gasteiger partial charge in [-0.05, 0) is 57.3 Å². The minimum absolute atomic E-state index is 0. The Balaban J connectivity index is 0.00000288. The number of halogens is 1. The molecule has 1 aromatic heterocycles. The van der Waals surface area contributed by atoms with Crippen LogP contribution in [0.5, 0.6) is 0 Å². The van der Waals surface area contributed by atoms with Crippen molar-refractivity contribution in [2.45, 2.75) is 59.9 Å². The van der Waals surface area contributed by atoms with E-state index in [4.69, 9.17) is 4.42 Å². The van der Waals surface area contributed by atoms with Gasteiger partial charge in [0.2, 0.25) is 5.89 Å². The minimum Gasteiger partial charge on any atom is -0.444 e. The zero-order valence-corrected chi connectivity index (χ0v) is 18.0. The number of hydrogen-bond acceptors (Lipinski definition) is 3. The zero-order valence-electron chi connectivity index (χ0n) is 15.7. The van der Waals surface area contributed by atoms with Gasteiger partial charge in [0.15, 0.2) is 5.96 Å². The average Bonchev–Trinajstić information content (AvgIpc) is 2.86. The van der Waals surface area contributed by atoms with Gasteiger partial charge in [0.1, 0.15) is 5.76 Å². The van der Waals surface area contributed by atoms with Gasteiger partial charge in [0, 0.05) is 13.6 Å². The number of hydrogen-bond donors (Lipinski definition) is 2. The molecule has 0 spiro atoms. The van der Waals surface area contributed by atoms with Crippen molar-refractivity contribution in [1.82, 2.24) is 15.6 Å². The Kier molecular flexibility index (Phi) is 9.08. The van der Waals surface area contributed by atoms with Gasteiger partial charge in [-0.1, -0.05) is 13.8 Å². The maximum atomic E-state index is 5.58. The Bertz CT molecular complexity index is 500. The lowest BCUT2D eigenvalue weighted by Gasteiger charge is -2.31. The molecule has 1 saturated carbocycles. The molecule has 0 amide bonds. The monoisotopic (exact) mass is 448 g/mol. The first-order valence-corrected chi connectivity index (χ1v) is 8.87. The van der Waals surface area contributed by atoms with Gasteiger partial charge in [0.25, 0.3) is 0 Å². The summed E-state index contributed by atoms with van der Waals surface area (Å²) in [7, 11) is 1.80. The van der Waals surface area contributed by atoms with E-state index in [-0.39, 0.29) is 24.0 Å². The van der Waals surface area contributed by atoms with Crippen molar-refractivity contribution in [2.24, 2.45) is 22.7 Å². The fraction of sp³-hybridized carbons (Fsp3) is 0.778. The molecule has 0 unspecified atom stereocenters. The summed E-state index contributed by atoms with van der Waals surface area (Å²) in [6.07, 6.45) is 5.38. The second-order valence-corrected chi connectivity index (χ2v) is 7.08. The van der Waals surface area contributed by atoms with Gasteiger partial charge in [-0.2, -0.15) is 0 Å². The van der Waals surface area contributed by atoms with Gasteiger partial charge in [0.05, 0.1) is 12.2 Å². The second kappa shape index (κ2) is 10.3. The molecule has 0 bridgehead atoms. The summed E-state index contributed by atoms with van der Waals surface area (Å²) >= 11 is 0. The van der Waals surface area contributed by atoms with Crippen molar-refractivity contribution in [2.75, 3.05) is 13.6 Å². The molecule has 6 heteroatoms. The molecular formula is C18H33IN4O. The summed E-state index contributed by atoms with van der Waals surface area (Å²) < 4.78 is 5.58. The molecule has 2 rings (SSSR count). The van der Waals surface area contributed by atoms with E-state index in [0.29, 0.717) is 12.4 Å². The van der Waals surface area contributed by atoms with Crippen LogP contribution >= 0.6 is 24.0 Å². The SMILES string of the molecule is CN=C(NCc1nc(C)c(C)o1)NCC1CCC(C(C)C)CC1.I. The van der Waals surface area contributed by atoms with Crippen LogP contribution < -0.4 is 10.6 Å². The molecule has 1 heterocycles. The first kappa shape index (κ1) is 21.3. The highest BCUT2D eigenvalue weighted by atomic mass is 127. The summed E-state index contributed by atoms with van der Waals surface area (Å²) in [5.41, 5.74) is 0.951. The van der Waals surface area contributed by atoms with Gasteiger partial charge in [-0.3, -0.25) is 4.99 Å². The summed E-state index contributed by atoms with van der Waals surface area (Å²) in [4.78, 5) is 8.66. The van der Waals surface area contributed by atoms with E-state index in [9.17, 15) is 0 Å². The largest absolute Gasteiger partial charge is 0.444 e. The van der Waals surface area contributed by atoms with E-state index in [0.717, 1.165) is 41.7 Å². The van der Waals surface area contributed by atoms with Crippen molar-refractivity contribution >= 4 is 29.9 Å². The fourth-order valence-electron chi connectivity index (χ4n) is 3.29. The molecule has 138 valence electrons. The first-order valence-electron chi connectivity index (χ1n) is 8.87. The maximum absolute atomic E-state index is 5.58. The summed E-state index contributed by atoms with van der Waals surface area (Å²) in [5, 5.41) is 6.72. The average molecular weight is 448 g/mol. The van der Waals surface area contributed by atoms with Gasteiger partial charge < -0.3 is 15.1 Å². The lowest BCUT2D eigenvalue weighted by molar-refractivity contribution is 0.224. The summed E-state index contributed by atoms with van der Waals surface area (Å²) in [5.74, 6) is 4.91. The second-order valence-electron chi connectivity index (χ2n) is 7.08. The van der Waals surface area contributed by atoms with Crippen LogP contribution in [0.25, 0.3) is 0 Å². The standard InChI is InChI=1S/C18H32N4O.HI/c1-12(2)16-8-6-15(7-9-16)10-20-18(19-5)21-11-17-22-13(3)14(4)23-17;/h12,15-16H,6-11H2,1-5H3,(H2,19,20,21);1H. The minimum atomic E-state index is 0. The molecule has 1 aliphatic rings. The van der Waals surface area contributed by atoms with Crippen LogP contribution in [0.1, 0.15) is 56.9 Å². The highest BCUT2D eigenvalue weighted by Crippen LogP contribution is 2.32. The van der Waals surface area contributed by atoms with Crippen molar-refractivity contribution in [3.05, 3.63) is 17.3 Å². The van der Waals surface area contributed by atoms with Crippen molar-refractivity contribution < 1.29 is 4.42 Å². The van der Waals surface area contributed by atoms with Crippen molar-refractivity contribution in [1.29, 1.82) is 0 Å². The molecule has 0 atom stereocenters. The Morgan fingerprint density at radius 2 is 1.88 bits per heavy atom. The quantitative estimate of drug-likeness (QED) is 0.406. The van der Waals surface area contributed by atoms with Crippen molar-refractivity contribution in [3.63, 3.8) is 0 Å². The predicted octanol–water partition coefficient (Wildman–Crippen LogP) is 4.04. The summed E-state index contributed by atoms with van der Waals surface area (Å²) in [6.45, 7) is 10.2. The molecule has 1 fully saturated rings. The van der Waals surface area contributed by atoms with Crippen LogP contribution in [0.15, 0.2) is 9.41 Å². The lowest BCUT2D eigenvalue weighted by Crippen LogP contribution is -2.40. The van der Waals surface area contributed by atoms with E-state index in [2.05, 4.69) is 34.5 Å². The predicted molar refractivity (Wildman–Crippen MR) is 110 cm³/mol. The first-order chi connectivity index (χ1) is 11.0. The highest BCUT2D eigenvalue weighted by molar-refractivity contribution is 14.0. The number of aliphatic imine (C=N–C) groups is 1. The van der Waals surface area contributed by atoms with E-state index in [1.807, 2.05) is 13.8 Å². The Morgan fingerprint density at radius 3 is 2.38 bits per heavy atom. The van der Waals surface area contributed by atoms with E-state index in [1.165, 1.54) is 25.7 Å². The van der Waals surface area contributed by atoms with Crippen LogP contribution in [0.2, 0.25) is 0 Å². The van der Waals surface area contributed by atoms with Gasteiger partial charge >= 0.3 is 0 Å². The van der Waals surface area contributed by atoms with Crippen LogP contribution in [0.4, 0.5) is 0 Å². The molecule has 0 aliphatic heterocycles. The fourth-order valence-corrected chi connectivity index (χ4v) is 3.29. The number of oxazole rings is 1. The maximum Gasteiger partial charge on any atom is 0.214 e. The van der Waals surface area contributed by atoms with Crippen LogP contribution in [0, 0.1) is 31.6 Å². The Morgan fingerprint density at radius 1 is 1.21 bits per heavy atom. The molecule has 1 aliphatic carbocycles. The Labute approximate surface area is 163 Å². The number of nitrogens with one attached hydrogen (secondary N) is 2. The number of guanidine groups is 1. The highest BCUT2D eigenvalue weighted by Gasteiger charge is 2.23. The van der Waals surface area contributed by atoms with Gasteiger partial charge in [-0.15, -0.1) is 24.0 Å². The topological polar surface area (TPSA) is 62.5 Å². The van der Waals surface area contributed by atoms with E-state index < -0.39 is 0 Å². The lowest BCUT2D eigenvalue weighted by atomic mass is 9.77. The number of rotatable bonds is 5. The zero-order chi connectivity index (χ0) is 16.8. The smallest absolute Gasteiger partial charge is 0.214 e. The normalized spacial score (nSPS) is 21.5. The Hall–Kier alpha value is -0.790. The number of aromatic nitrogens is 1. The van der Waals surface area contributed by atoms with Crippen LogP contribution in [0.3, 0.4) is 0 Å². The third-order valence-corrected chi connectivity index (χ3v) is 5.10.